The van der Waals surface area contributed by atoms with Crippen LogP contribution in [-0.2, 0) is 9.26 Å². The van der Waals surface area contributed by atoms with Crippen LogP contribution >= 0.6 is 25.8 Å². The molecule has 1 aliphatic heterocycles. The molecular formula is C44H47O10P3. The van der Waals surface area contributed by atoms with Crippen LogP contribution in [0.2, 0.25) is 0 Å². The van der Waals surface area contributed by atoms with Crippen molar-refractivity contribution >= 4 is 25.8 Å². The van der Waals surface area contributed by atoms with Crippen LogP contribution in [0.5, 0.6) is 46.0 Å². The molecule has 0 bridgehead atoms. The van der Waals surface area contributed by atoms with Crippen molar-refractivity contribution in [2.75, 3.05) is 19.8 Å². The van der Waals surface area contributed by atoms with Crippen LogP contribution in [0.15, 0.2) is 170 Å². The second-order valence-corrected chi connectivity index (χ2v) is 15.3. The van der Waals surface area contributed by atoms with Crippen LogP contribution < -0.4 is 36.2 Å². The van der Waals surface area contributed by atoms with E-state index in [9.17, 15) is 0 Å². The van der Waals surface area contributed by atoms with Crippen molar-refractivity contribution in [3.63, 3.8) is 0 Å². The van der Waals surface area contributed by atoms with Gasteiger partial charge in [-0.3, -0.25) is 4.52 Å². The molecule has 0 saturated carbocycles. The van der Waals surface area contributed by atoms with E-state index in [0.29, 0.717) is 65.8 Å². The number of hydrogen-bond acceptors (Lipinski definition) is 10. The molecule has 13 heteroatoms. The number of hydrogen-bond donors (Lipinski definition) is 0. The molecule has 0 atom stereocenters. The fourth-order valence-electron chi connectivity index (χ4n) is 4.89. The summed E-state index contributed by atoms with van der Waals surface area (Å²) >= 11 is 0. The lowest BCUT2D eigenvalue weighted by atomic mass is 9.84. The van der Waals surface area contributed by atoms with Crippen LogP contribution in [0.3, 0.4) is 0 Å². The van der Waals surface area contributed by atoms with Crippen LogP contribution in [-0.4, -0.2) is 19.8 Å². The first kappa shape index (κ1) is 43.1. The van der Waals surface area contributed by atoms with Crippen molar-refractivity contribution < 1.29 is 45.5 Å². The molecule has 0 aliphatic carbocycles. The third-order valence-corrected chi connectivity index (χ3v) is 11.3. The monoisotopic (exact) mass is 828 g/mol. The van der Waals surface area contributed by atoms with Gasteiger partial charge in [-0.25, -0.2) is 0 Å². The third-order valence-electron chi connectivity index (χ3n) is 8.10. The highest BCUT2D eigenvalue weighted by Gasteiger charge is 2.39. The van der Waals surface area contributed by atoms with E-state index < -0.39 is 25.8 Å². The summed E-state index contributed by atoms with van der Waals surface area (Å²) in [6.45, 7) is 3.81. The van der Waals surface area contributed by atoms with Gasteiger partial charge in [0.25, 0.3) is 0 Å². The van der Waals surface area contributed by atoms with Crippen molar-refractivity contribution in [2.24, 2.45) is 5.41 Å². The van der Waals surface area contributed by atoms with Crippen molar-refractivity contribution in [3.05, 3.63) is 170 Å². The van der Waals surface area contributed by atoms with E-state index in [0.717, 1.165) is 6.42 Å². The molecular weight excluding hydrogens is 781 g/mol. The zero-order chi connectivity index (χ0) is 37.5. The summed E-state index contributed by atoms with van der Waals surface area (Å²) in [6.07, 6.45) is 0.909. The first-order valence-electron chi connectivity index (χ1n) is 17.5. The van der Waals surface area contributed by atoms with E-state index in [2.05, 4.69) is 6.92 Å². The number of rotatable bonds is 20. The van der Waals surface area contributed by atoms with Gasteiger partial charge in [-0.15, -0.1) is 0 Å². The zero-order valence-electron chi connectivity index (χ0n) is 29.9. The number of ether oxygens (including phenoxy) is 1. The molecule has 0 unspecified atom stereocenters. The molecule has 1 saturated heterocycles. The second-order valence-electron chi connectivity index (χ2n) is 12.2. The highest BCUT2D eigenvalue weighted by molar-refractivity contribution is 7.43. The molecule has 1 heterocycles. The largest absolute Gasteiger partial charge is 0.530 e. The smallest absolute Gasteiger partial charge is 0.418 e. The van der Waals surface area contributed by atoms with Gasteiger partial charge in [-0.05, 0) is 103 Å². The van der Waals surface area contributed by atoms with E-state index in [-0.39, 0.29) is 20.3 Å². The van der Waals surface area contributed by atoms with E-state index in [1.807, 2.05) is 121 Å². The van der Waals surface area contributed by atoms with E-state index in [4.69, 9.17) is 45.5 Å². The highest BCUT2D eigenvalue weighted by Crippen LogP contribution is 2.47. The Balaban J connectivity index is 0.00000310. The molecule has 0 N–H and O–H groups in total. The molecule has 6 aromatic rings. The molecule has 7 rings (SSSR count). The van der Waals surface area contributed by atoms with Crippen LogP contribution in [0.1, 0.15) is 28.2 Å². The Hall–Kier alpha value is -5.07. The van der Waals surface area contributed by atoms with Crippen molar-refractivity contribution in [1.82, 2.24) is 0 Å². The lowest BCUT2D eigenvalue weighted by molar-refractivity contribution is -0.134. The van der Waals surface area contributed by atoms with E-state index in [1.165, 1.54) is 0 Å². The van der Waals surface area contributed by atoms with Crippen molar-refractivity contribution in [2.45, 2.75) is 28.2 Å². The van der Waals surface area contributed by atoms with Gasteiger partial charge in [0, 0.05) is 5.41 Å². The quantitative estimate of drug-likeness (QED) is 0.0693. The molecule has 0 radical (unpaired) electrons. The van der Waals surface area contributed by atoms with Gasteiger partial charge in [0.2, 0.25) is 0 Å². The minimum atomic E-state index is -1.87. The first-order valence-corrected chi connectivity index (χ1v) is 20.8. The second kappa shape index (κ2) is 22.0. The van der Waals surface area contributed by atoms with Gasteiger partial charge >= 0.3 is 25.8 Å². The van der Waals surface area contributed by atoms with Crippen LogP contribution in [0.4, 0.5) is 0 Å². The Bertz CT molecular complexity index is 1770. The Kier molecular flexibility index (Phi) is 16.6. The Morgan fingerprint density at radius 1 is 0.386 bits per heavy atom. The maximum Gasteiger partial charge on any atom is 0.530 e. The topological polar surface area (TPSA) is 92.3 Å². The normalized spacial score (nSPS) is 12.6. The van der Waals surface area contributed by atoms with E-state index in [1.54, 1.807) is 48.5 Å². The van der Waals surface area contributed by atoms with Gasteiger partial charge in [-0.1, -0.05) is 94.6 Å². The summed E-state index contributed by atoms with van der Waals surface area (Å²) in [4.78, 5) is 0. The SMILES string of the molecule is C.C.CCC1(COP(Oc2ccc(OP(Oc3ccccc3)Oc3ccccc3)cc2)Oc2ccc(OP(Oc3ccccc3)Oc3ccccc3)cc2)COC1. The van der Waals surface area contributed by atoms with Gasteiger partial charge in [0.05, 0.1) is 19.8 Å². The summed E-state index contributed by atoms with van der Waals surface area (Å²) in [7, 11) is -5.52. The molecule has 6 aromatic carbocycles. The maximum atomic E-state index is 6.31. The lowest BCUT2D eigenvalue weighted by Crippen LogP contribution is -2.45. The average molecular weight is 829 g/mol. The molecule has 0 spiro atoms. The Labute approximate surface area is 339 Å². The van der Waals surface area contributed by atoms with Crippen LogP contribution in [0, 0.1) is 5.41 Å². The predicted molar refractivity (Wildman–Crippen MR) is 227 cm³/mol. The zero-order valence-corrected chi connectivity index (χ0v) is 32.6. The third kappa shape index (κ3) is 13.2. The van der Waals surface area contributed by atoms with Crippen LogP contribution in [0.25, 0.3) is 0 Å². The summed E-state index contributed by atoms with van der Waals surface area (Å²) < 4.78 is 61.1. The van der Waals surface area contributed by atoms with Gasteiger partial charge in [0.15, 0.2) is 0 Å². The molecule has 57 heavy (non-hydrogen) atoms. The fourth-order valence-corrected chi connectivity index (χ4v) is 7.99. The molecule has 1 aliphatic rings. The van der Waals surface area contributed by atoms with Crippen molar-refractivity contribution in [1.29, 1.82) is 0 Å². The minimum Gasteiger partial charge on any atom is -0.418 e. The molecule has 1 fully saturated rings. The molecule has 0 aromatic heterocycles. The first-order chi connectivity index (χ1) is 27.1. The number of para-hydroxylation sites is 4. The Morgan fingerprint density at radius 3 is 0.860 bits per heavy atom. The maximum absolute atomic E-state index is 6.31. The van der Waals surface area contributed by atoms with Gasteiger partial charge in [-0.2, -0.15) is 0 Å². The summed E-state index contributed by atoms with van der Waals surface area (Å²) in [5.41, 5.74) is -0.0773. The van der Waals surface area contributed by atoms with Gasteiger partial charge in [0.1, 0.15) is 46.0 Å². The summed E-state index contributed by atoms with van der Waals surface area (Å²) in [5.74, 6) is 4.67. The molecule has 10 nitrogen and oxygen atoms in total. The predicted octanol–water partition coefficient (Wildman–Crippen LogP) is 13.6. The van der Waals surface area contributed by atoms with Crippen molar-refractivity contribution in [3.8, 4) is 46.0 Å². The van der Waals surface area contributed by atoms with E-state index >= 15 is 0 Å². The summed E-state index contributed by atoms with van der Waals surface area (Å²) in [5, 5.41) is 0. The Morgan fingerprint density at radius 2 is 0.632 bits per heavy atom. The molecule has 298 valence electrons. The van der Waals surface area contributed by atoms with Gasteiger partial charge < -0.3 is 40.9 Å². The molecule has 0 amide bonds. The lowest BCUT2D eigenvalue weighted by Gasteiger charge is -2.40. The fraction of sp³-hybridized carbons (Fsp3) is 0.182. The summed E-state index contributed by atoms with van der Waals surface area (Å²) in [6, 6.07) is 51.9. The highest BCUT2D eigenvalue weighted by atomic mass is 31.2. The standard InChI is InChI=1S/C42H39O10P3.2CH4/c1-2-42(31-43-32-42)33-44-53(45-38-23-27-40(28-24-38)51-54(47-34-15-7-3-8-16-34)48-35-17-9-4-10-18-35)46-39-25-29-41(30-26-39)52-55(49-36-19-11-5-12-20-36)50-37-21-13-6-14-22-37;;/h3-30H,2,31-33H2,1H3;2*1H4. The minimum absolute atomic E-state index is 0. The average Bonchev–Trinajstić information content (AvgIpc) is 3.20. The number of benzene rings is 6.